The molecule has 0 saturated carbocycles. The van der Waals surface area contributed by atoms with Gasteiger partial charge in [-0.3, -0.25) is 4.57 Å². The van der Waals surface area contributed by atoms with Crippen molar-refractivity contribution in [2.45, 2.75) is 5.75 Å². The van der Waals surface area contributed by atoms with E-state index in [-0.39, 0.29) is 28.8 Å². The maximum Gasteiger partial charge on any atom is 0.190 e. The van der Waals surface area contributed by atoms with E-state index in [1.807, 2.05) is 0 Å². The highest BCUT2D eigenvalue weighted by Crippen LogP contribution is 2.27. The summed E-state index contributed by atoms with van der Waals surface area (Å²) in [7, 11) is -2.53. The van der Waals surface area contributed by atoms with Crippen LogP contribution in [-0.4, -0.2) is 33.2 Å². The van der Waals surface area contributed by atoms with Crippen molar-refractivity contribution in [2.24, 2.45) is 0 Å². The van der Waals surface area contributed by atoms with Gasteiger partial charge >= 0.3 is 0 Å². The van der Waals surface area contributed by atoms with E-state index >= 15 is 0 Å². The number of nitrogens with two attached hydrogens (primary N) is 1. The van der Waals surface area contributed by atoms with Crippen molar-refractivity contribution in [1.82, 2.24) is 24.7 Å². The van der Waals surface area contributed by atoms with Crippen LogP contribution in [0.5, 0.6) is 0 Å². The standard InChI is InChI=1S/C19H14F2N6O2S/c20-13-2-1-3-15(16(13)21)27-10-24-26-19(27)17-18(22)23-8-14(25-17)12-6-4-11(5-7-12)9-30(28)29/h1-8,10,30H,9H2,(H2,22,23). The van der Waals surface area contributed by atoms with E-state index in [1.54, 1.807) is 24.3 Å². The van der Waals surface area contributed by atoms with Crippen molar-refractivity contribution < 1.29 is 17.2 Å². The zero-order chi connectivity index (χ0) is 21.3. The number of hydrogen-bond donors (Lipinski definition) is 2. The molecule has 0 aliphatic carbocycles. The Morgan fingerprint density at radius 3 is 2.57 bits per heavy atom. The summed E-state index contributed by atoms with van der Waals surface area (Å²) >= 11 is 0. The van der Waals surface area contributed by atoms with Gasteiger partial charge in [0.15, 0.2) is 29.0 Å². The molecule has 0 spiro atoms. The van der Waals surface area contributed by atoms with E-state index in [1.165, 1.54) is 29.2 Å². The van der Waals surface area contributed by atoms with Crippen LogP contribution in [0.4, 0.5) is 14.6 Å². The molecule has 8 nitrogen and oxygen atoms in total. The van der Waals surface area contributed by atoms with E-state index in [9.17, 15) is 17.2 Å². The average Bonchev–Trinajstić information content (AvgIpc) is 3.20. The number of rotatable bonds is 5. The lowest BCUT2D eigenvalue weighted by Crippen LogP contribution is -2.06. The highest BCUT2D eigenvalue weighted by Gasteiger charge is 2.19. The lowest BCUT2D eigenvalue weighted by Gasteiger charge is -2.10. The molecule has 152 valence electrons. The quantitative estimate of drug-likeness (QED) is 0.469. The van der Waals surface area contributed by atoms with Gasteiger partial charge in [-0.15, -0.1) is 10.2 Å². The molecule has 30 heavy (non-hydrogen) atoms. The number of hydrogen-bond acceptors (Lipinski definition) is 7. The Balaban J connectivity index is 1.77. The Morgan fingerprint density at radius 1 is 1.07 bits per heavy atom. The molecule has 0 bridgehead atoms. The Kier molecular flexibility index (Phi) is 5.19. The Bertz CT molecular complexity index is 1300. The molecule has 0 fully saturated rings. The van der Waals surface area contributed by atoms with E-state index in [0.29, 0.717) is 16.8 Å². The first-order valence-corrected chi connectivity index (χ1v) is 9.98. The van der Waals surface area contributed by atoms with Crippen LogP contribution in [0.15, 0.2) is 55.0 Å². The number of halogens is 2. The molecule has 4 rings (SSSR count). The van der Waals surface area contributed by atoms with Crippen LogP contribution in [0.3, 0.4) is 0 Å². The largest absolute Gasteiger partial charge is 0.382 e. The van der Waals surface area contributed by atoms with Crippen molar-refractivity contribution >= 4 is 16.5 Å². The first-order valence-electron chi connectivity index (χ1n) is 8.62. The number of nitrogens with zero attached hydrogens (tertiary/aromatic N) is 5. The molecule has 2 N–H and O–H groups in total. The molecule has 2 aromatic carbocycles. The Morgan fingerprint density at radius 2 is 1.83 bits per heavy atom. The fourth-order valence-corrected chi connectivity index (χ4v) is 3.39. The van der Waals surface area contributed by atoms with Gasteiger partial charge in [0.2, 0.25) is 0 Å². The normalized spacial score (nSPS) is 11.2. The molecule has 2 aromatic heterocycles. The van der Waals surface area contributed by atoms with Gasteiger partial charge in [0.05, 0.1) is 23.3 Å². The SMILES string of the molecule is Nc1ncc(-c2ccc(C[SH](=O)=O)cc2)nc1-c1nncn1-c1cccc(F)c1F. The van der Waals surface area contributed by atoms with E-state index in [0.717, 1.165) is 6.07 Å². The van der Waals surface area contributed by atoms with Gasteiger partial charge in [-0.1, -0.05) is 30.3 Å². The van der Waals surface area contributed by atoms with Gasteiger partial charge < -0.3 is 5.73 Å². The molecule has 0 radical (unpaired) electrons. The van der Waals surface area contributed by atoms with Crippen molar-refractivity contribution in [1.29, 1.82) is 0 Å². The van der Waals surface area contributed by atoms with Gasteiger partial charge in [0.25, 0.3) is 0 Å². The van der Waals surface area contributed by atoms with Gasteiger partial charge in [0, 0.05) is 5.56 Å². The van der Waals surface area contributed by atoms with Crippen molar-refractivity contribution in [3.63, 3.8) is 0 Å². The zero-order valence-corrected chi connectivity index (χ0v) is 16.1. The Labute approximate surface area is 171 Å². The van der Waals surface area contributed by atoms with Crippen LogP contribution in [0.1, 0.15) is 5.56 Å². The summed E-state index contributed by atoms with van der Waals surface area (Å²) in [5.74, 6) is -2.01. The maximum atomic E-state index is 14.3. The van der Waals surface area contributed by atoms with Crippen LogP contribution in [0, 0.1) is 11.6 Å². The van der Waals surface area contributed by atoms with Crippen molar-refractivity contribution in [3.8, 4) is 28.5 Å². The molecule has 0 unspecified atom stereocenters. The summed E-state index contributed by atoms with van der Waals surface area (Å²) < 4.78 is 50.9. The predicted molar refractivity (Wildman–Crippen MR) is 106 cm³/mol. The first kappa shape index (κ1) is 19.6. The minimum Gasteiger partial charge on any atom is -0.382 e. The molecule has 2 heterocycles. The fourth-order valence-electron chi connectivity index (χ4n) is 2.88. The summed E-state index contributed by atoms with van der Waals surface area (Å²) in [5.41, 5.74) is 7.74. The minimum absolute atomic E-state index is 0.0322. The second-order valence-corrected chi connectivity index (χ2v) is 7.26. The van der Waals surface area contributed by atoms with Gasteiger partial charge in [-0.05, 0) is 17.7 Å². The minimum atomic E-state index is -2.53. The molecular formula is C19H14F2N6O2S. The predicted octanol–water partition coefficient (Wildman–Crippen LogP) is 2.36. The Hall–Kier alpha value is -3.73. The fraction of sp³-hybridized carbons (Fsp3) is 0.0526. The van der Waals surface area contributed by atoms with E-state index in [2.05, 4.69) is 20.2 Å². The van der Waals surface area contributed by atoms with Crippen LogP contribution >= 0.6 is 0 Å². The summed E-state index contributed by atoms with van der Waals surface area (Å²) in [4.78, 5) is 8.59. The molecule has 0 atom stereocenters. The maximum absolute atomic E-state index is 14.3. The summed E-state index contributed by atoms with van der Waals surface area (Å²) in [6.07, 6.45) is 2.67. The highest BCUT2D eigenvalue weighted by molar-refractivity contribution is 7.71. The monoisotopic (exact) mass is 428 g/mol. The molecule has 0 aliphatic heterocycles. The molecule has 4 aromatic rings. The second-order valence-electron chi connectivity index (χ2n) is 6.27. The van der Waals surface area contributed by atoms with Crippen LogP contribution < -0.4 is 5.73 Å². The number of thiol groups is 1. The third kappa shape index (κ3) is 3.74. The van der Waals surface area contributed by atoms with Crippen LogP contribution in [-0.2, 0) is 16.5 Å². The summed E-state index contributed by atoms with van der Waals surface area (Å²) in [6, 6.07) is 10.5. The van der Waals surface area contributed by atoms with Gasteiger partial charge in [-0.2, -0.15) is 0 Å². The summed E-state index contributed by atoms with van der Waals surface area (Å²) in [5, 5.41) is 7.72. The lowest BCUT2D eigenvalue weighted by atomic mass is 10.1. The van der Waals surface area contributed by atoms with Crippen molar-refractivity contribution in [3.05, 3.63) is 72.2 Å². The second kappa shape index (κ2) is 7.95. The topological polar surface area (TPSA) is 117 Å². The summed E-state index contributed by atoms with van der Waals surface area (Å²) in [6.45, 7) is 0. The molecule has 0 saturated heterocycles. The number of aromatic nitrogens is 5. The lowest BCUT2D eigenvalue weighted by molar-refractivity contribution is 0.504. The number of benzene rings is 2. The van der Waals surface area contributed by atoms with Crippen LogP contribution in [0.2, 0.25) is 0 Å². The van der Waals surface area contributed by atoms with Crippen LogP contribution in [0.25, 0.3) is 28.5 Å². The van der Waals surface area contributed by atoms with Gasteiger partial charge in [-0.25, -0.2) is 27.2 Å². The third-order valence-electron chi connectivity index (χ3n) is 4.31. The van der Waals surface area contributed by atoms with E-state index < -0.39 is 22.3 Å². The smallest absolute Gasteiger partial charge is 0.190 e. The number of anilines is 1. The molecular weight excluding hydrogens is 414 g/mol. The molecule has 0 amide bonds. The van der Waals surface area contributed by atoms with Gasteiger partial charge in [0.1, 0.15) is 17.0 Å². The van der Waals surface area contributed by atoms with E-state index in [4.69, 9.17) is 5.73 Å². The number of nitrogen functional groups attached to an aromatic ring is 1. The highest BCUT2D eigenvalue weighted by atomic mass is 32.2. The average molecular weight is 428 g/mol. The molecule has 11 heteroatoms. The van der Waals surface area contributed by atoms with Crippen molar-refractivity contribution in [2.75, 3.05) is 5.73 Å². The molecule has 0 aliphatic rings. The third-order valence-corrected chi connectivity index (χ3v) is 4.94. The zero-order valence-electron chi connectivity index (χ0n) is 15.2. The first-order chi connectivity index (χ1) is 14.4.